The summed E-state index contributed by atoms with van der Waals surface area (Å²) < 4.78 is 26.5. The first kappa shape index (κ1) is 89.7. The van der Waals surface area contributed by atoms with Crippen LogP contribution in [0.3, 0.4) is 0 Å². The number of fused-ring (bicyclic) bond motifs is 8. The van der Waals surface area contributed by atoms with Crippen molar-refractivity contribution in [3.05, 3.63) is 57.5 Å². The van der Waals surface area contributed by atoms with Gasteiger partial charge >= 0.3 is 0 Å². The molecule has 0 saturated heterocycles. The molecule has 0 unspecified atom stereocenters. The van der Waals surface area contributed by atoms with E-state index < -0.39 is 11.2 Å². The Morgan fingerprint density at radius 2 is 0.514 bits per heavy atom. The van der Waals surface area contributed by atoms with E-state index >= 15 is 0 Å². The van der Waals surface area contributed by atoms with Gasteiger partial charge in [-0.3, -0.25) is 0 Å². The Morgan fingerprint density at radius 1 is 0.275 bits per heavy atom. The van der Waals surface area contributed by atoms with Crippen molar-refractivity contribution in [2.24, 2.45) is 0 Å². The number of nitrogens with zero attached hydrogens (tertiary/aromatic N) is 4. The zero-order valence-corrected chi connectivity index (χ0v) is 74.9. The molecule has 0 amide bonds. The van der Waals surface area contributed by atoms with Crippen LogP contribution in [-0.2, 0) is 24.0 Å². The molecule has 0 spiro atoms. The van der Waals surface area contributed by atoms with Crippen LogP contribution >= 0.6 is 57.1 Å². The molecule has 109 heavy (non-hydrogen) atoms. The molecule has 0 radical (unpaired) electrons. The van der Waals surface area contributed by atoms with Crippen molar-refractivity contribution < 1.29 is 9.47 Å². The molecule has 0 fully saturated rings. The summed E-state index contributed by atoms with van der Waals surface area (Å²) in [5.41, 5.74) is 10.9. The highest BCUT2D eigenvalue weighted by molar-refractivity contribution is 7.24. The average Bonchev–Trinajstić information content (AvgIpc) is 1.53. The van der Waals surface area contributed by atoms with E-state index in [-0.39, 0.29) is 0 Å². The van der Waals surface area contributed by atoms with Gasteiger partial charge in [-0.1, -0.05) is 388 Å². The van der Waals surface area contributed by atoms with Crippen LogP contribution in [0.2, 0.25) is 0 Å². The number of rotatable bonds is 68. The molecular weight excluding hydrogens is 1430 g/mol. The lowest BCUT2D eigenvalue weighted by atomic mass is 9.81. The second-order valence-electron chi connectivity index (χ2n) is 34.2. The molecule has 0 bridgehead atoms. The molecule has 7 aromatic rings. The summed E-state index contributed by atoms with van der Waals surface area (Å²) in [7, 11) is 0. The molecule has 0 aliphatic carbocycles. The minimum Gasteiger partial charge on any atom is -0.481 e. The molecule has 1 aromatic carbocycles. The molecule has 11 heteroatoms. The van der Waals surface area contributed by atoms with Gasteiger partial charge in [-0.05, 0) is 112 Å². The lowest BCUT2D eigenvalue weighted by molar-refractivity contribution is 0.0395. The fraction of sp³-hybridized carbons (Fsp3) is 0.755. The third kappa shape index (κ3) is 28.6. The first-order chi connectivity index (χ1) is 53.9. The zero-order chi connectivity index (χ0) is 76.1. The largest absolute Gasteiger partial charge is 0.481 e. The van der Waals surface area contributed by atoms with Crippen LogP contribution in [0.25, 0.3) is 62.5 Å². The number of unbranched alkanes of at least 4 members (excludes halogenated alkanes) is 54. The Labute approximate surface area is 688 Å². The van der Waals surface area contributed by atoms with Crippen LogP contribution in [-0.4, -0.2) is 18.7 Å². The van der Waals surface area contributed by atoms with Gasteiger partial charge in [-0.15, -0.1) is 45.3 Å². The summed E-state index contributed by atoms with van der Waals surface area (Å²) >= 11 is 9.14. The SMILES string of the molecule is CCCCCCCCCCCCc1nc2c(-c3cc4c(s3)-c3sccc3OC4(CCCCCCCCCCCC)CCCCCCCCCCCC)c3nsnc3c(-c3cc4c(s3)-c3sccc3OC4(CCCCCCCCCCCC)CCCCCCCCCCCC)c2nc1CCCCCCCCCCCC. The minimum atomic E-state index is -0.394. The van der Waals surface area contributed by atoms with Gasteiger partial charge in [0.2, 0.25) is 0 Å². The first-order valence-electron chi connectivity index (χ1n) is 47.2. The van der Waals surface area contributed by atoms with Crippen LogP contribution in [0.4, 0.5) is 0 Å². The Bertz CT molecular complexity index is 3240. The Balaban J connectivity index is 1.13. The Kier molecular flexibility index (Phi) is 43.7. The van der Waals surface area contributed by atoms with Gasteiger partial charge < -0.3 is 9.47 Å². The van der Waals surface area contributed by atoms with Crippen LogP contribution < -0.4 is 9.47 Å². The highest BCUT2D eigenvalue weighted by atomic mass is 32.1. The summed E-state index contributed by atoms with van der Waals surface area (Å²) in [6.07, 6.45) is 86.1. The lowest BCUT2D eigenvalue weighted by Gasteiger charge is -2.38. The molecule has 2 aliphatic rings. The smallest absolute Gasteiger partial charge is 0.140 e. The van der Waals surface area contributed by atoms with Gasteiger partial charge in [-0.25, -0.2) is 9.97 Å². The number of benzene rings is 1. The number of ether oxygens (including phenoxy) is 2. The van der Waals surface area contributed by atoms with Crippen LogP contribution in [0.5, 0.6) is 11.5 Å². The summed E-state index contributed by atoms with van der Waals surface area (Å²) in [6.45, 7) is 14.0. The van der Waals surface area contributed by atoms with Crippen molar-refractivity contribution in [2.45, 2.75) is 477 Å². The van der Waals surface area contributed by atoms with Crippen molar-refractivity contribution in [3.63, 3.8) is 0 Å². The molecule has 2 aliphatic heterocycles. The molecule has 0 saturated carbocycles. The van der Waals surface area contributed by atoms with Gasteiger partial charge in [0.1, 0.15) is 44.8 Å². The standard InChI is InChI=1S/C98H156N4O2S5/c1-7-13-19-25-31-37-43-49-55-61-67-81-82(68-62-56-50-44-38-32-26-20-14-8-2)100-90-88(86-78-80-94(108-86)96-84(70-76-106-96)104-98(80,73-65-59-53-47-41-35-29-23-17-11-5)74-66-60-54-48-42-36-30-24-18-12-6)92-91(101-109-102-92)87(89(90)99-81)85-77-79-93(107-85)95-83(69-75-105-95)103-97(79,71-63-57-51-45-39-33-27-21-15-9-3)72-64-58-52-46-40-34-28-22-16-10-4/h69-70,75-78H,7-68,71-74H2,1-6H3. The lowest BCUT2D eigenvalue weighted by Crippen LogP contribution is -2.35. The summed E-state index contributed by atoms with van der Waals surface area (Å²) in [6, 6.07) is 9.85. The van der Waals surface area contributed by atoms with E-state index in [1.165, 1.54) is 436 Å². The van der Waals surface area contributed by atoms with Gasteiger partial charge in [-0.2, -0.15) is 8.75 Å². The maximum absolute atomic E-state index is 7.71. The molecule has 6 nitrogen and oxygen atoms in total. The van der Waals surface area contributed by atoms with E-state index in [9.17, 15) is 0 Å². The molecule has 9 rings (SSSR count). The molecule has 8 heterocycles. The first-order valence-corrected chi connectivity index (χ1v) is 51.4. The summed E-state index contributed by atoms with van der Waals surface area (Å²) in [5.74, 6) is 2.19. The van der Waals surface area contributed by atoms with Crippen LogP contribution in [0.15, 0.2) is 35.0 Å². The second kappa shape index (κ2) is 53.1. The van der Waals surface area contributed by atoms with E-state index in [4.69, 9.17) is 28.2 Å². The fourth-order valence-electron chi connectivity index (χ4n) is 18.3. The van der Waals surface area contributed by atoms with Gasteiger partial charge in [0.25, 0.3) is 0 Å². The van der Waals surface area contributed by atoms with E-state index in [0.717, 1.165) is 96.1 Å². The van der Waals surface area contributed by atoms with Crippen molar-refractivity contribution in [1.82, 2.24) is 18.7 Å². The predicted octanol–water partition coefficient (Wildman–Crippen LogP) is 35.9. The number of aryl methyl sites for hydroxylation is 2. The molecular formula is C98H156N4O2S5. The Morgan fingerprint density at radius 3 is 0.771 bits per heavy atom. The van der Waals surface area contributed by atoms with Crippen molar-refractivity contribution in [2.75, 3.05) is 0 Å². The quantitative estimate of drug-likeness (QED) is 0.0354. The normalized spacial score (nSPS) is 13.6. The summed E-state index contributed by atoms with van der Waals surface area (Å²) in [5, 5.41) is 4.60. The maximum Gasteiger partial charge on any atom is 0.140 e. The van der Waals surface area contributed by atoms with Crippen LogP contribution in [0, 0.1) is 0 Å². The highest BCUT2D eigenvalue weighted by Crippen LogP contribution is 2.60. The van der Waals surface area contributed by atoms with E-state index in [1.54, 1.807) is 0 Å². The maximum atomic E-state index is 7.71. The van der Waals surface area contributed by atoms with E-state index in [2.05, 4.69) is 76.6 Å². The predicted molar refractivity (Wildman–Crippen MR) is 485 cm³/mol. The molecule has 6 aromatic heterocycles. The Hall–Kier alpha value is -3.22. The monoisotopic (exact) mass is 1580 g/mol. The van der Waals surface area contributed by atoms with Crippen LogP contribution in [0.1, 0.15) is 475 Å². The van der Waals surface area contributed by atoms with E-state index in [0.29, 0.717) is 0 Å². The third-order valence-corrected chi connectivity index (χ3v) is 29.9. The fourth-order valence-corrected chi connectivity index (χ4v) is 23.4. The number of aromatic nitrogens is 4. The molecule has 610 valence electrons. The van der Waals surface area contributed by atoms with Gasteiger partial charge in [0.05, 0.1) is 42.6 Å². The second-order valence-corrected chi connectivity index (χ2v) is 38.7. The third-order valence-electron chi connectivity index (χ3n) is 25.0. The van der Waals surface area contributed by atoms with Crippen molar-refractivity contribution >= 4 is 79.1 Å². The van der Waals surface area contributed by atoms with Crippen molar-refractivity contribution in [1.29, 1.82) is 0 Å². The zero-order valence-electron chi connectivity index (χ0n) is 70.8. The van der Waals surface area contributed by atoms with E-state index in [1.807, 2.05) is 45.3 Å². The average molecular weight is 1580 g/mol. The van der Waals surface area contributed by atoms with Crippen molar-refractivity contribution in [3.8, 4) is 51.9 Å². The molecule has 0 atom stereocenters. The summed E-state index contributed by atoms with van der Waals surface area (Å²) in [4.78, 5) is 20.4. The highest BCUT2D eigenvalue weighted by Gasteiger charge is 2.45. The minimum absolute atomic E-state index is 0.394. The number of thiophene rings is 4. The number of hydrogen-bond acceptors (Lipinski definition) is 11. The van der Waals surface area contributed by atoms with Gasteiger partial charge in [0.15, 0.2) is 0 Å². The topological polar surface area (TPSA) is 70.0 Å². The number of hydrogen-bond donors (Lipinski definition) is 0. The van der Waals surface area contributed by atoms with Gasteiger partial charge in [0, 0.05) is 32.0 Å². The molecule has 0 N–H and O–H groups in total.